The number of aryl methyl sites for hydroxylation is 2. The minimum atomic E-state index is -0.214. The summed E-state index contributed by atoms with van der Waals surface area (Å²) in [5, 5.41) is 8.95. The first kappa shape index (κ1) is 19.5. The van der Waals surface area contributed by atoms with E-state index in [-0.39, 0.29) is 11.8 Å². The van der Waals surface area contributed by atoms with E-state index in [1.54, 1.807) is 6.07 Å². The molecule has 0 radical (unpaired) electrons. The van der Waals surface area contributed by atoms with Crippen LogP contribution in [0.25, 0.3) is 0 Å². The van der Waals surface area contributed by atoms with E-state index in [1.807, 2.05) is 74.7 Å². The van der Waals surface area contributed by atoms with Gasteiger partial charge in [0.25, 0.3) is 11.8 Å². The van der Waals surface area contributed by atoms with Crippen LogP contribution in [0.3, 0.4) is 0 Å². The normalized spacial score (nSPS) is 11.2. The first-order valence-corrected chi connectivity index (χ1v) is 9.70. The lowest BCUT2D eigenvalue weighted by molar-refractivity contribution is 0.0957. The summed E-state index contributed by atoms with van der Waals surface area (Å²) in [6, 6.07) is 16.7. The average Bonchev–Trinajstić information content (AvgIpc) is 3.12. The summed E-state index contributed by atoms with van der Waals surface area (Å²) in [6.45, 7) is 5.62. The van der Waals surface area contributed by atoms with Crippen LogP contribution in [-0.2, 0) is 0 Å². The van der Waals surface area contributed by atoms with Crippen molar-refractivity contribution in [2.75, 3.05) is 5.32 Å². The average molecular weight is 391 g/mol. The summed E-state index contributed by atoms with van der Waals surface area (Å²) in [5.74, 6) is -0.358. The summed E-state index contributed by atoms with van der Waals surface area (Å²) < 4.78 is 0. The lowest BCUT2D eigenvalue weighted by Gasteiger charge is -2.08. The van der Waals surface area contributed by atoms with Crippen LogP contribution in [0.5, 0.6) is 0 Å². The van der Waals surface area contributed by atoms with Crippen molar-refractivity contribution in [2.45, 2.75) is 20.8 Å². The van der Waals surface area contributed by atoms with Crippen molar-refractivity contribution in [3.05, 3.63) is 87.1 Å². The number of anilines is 1. The summed E-state index contributed by atoms with van der Waals surface area (Å²) in [4.78, 5) is 25.2. The summed E-state index contributed by atoms with van der Waals surface area (Å²) >= 11 is 1.39. The third-order valence-electron chi connectivity index (χ3n) is 4.34. The molecule has 0 aliphatic carbocycles. The van der Waals surface area contributed by atoms with E-state index in [1.165, 1.54) is 11.3 Å². The number of carbonyl (C=O) groups is 2. The van der Waals surface area contributed by atoms with Crippen molar-refractivity contribution in [1.29, 1.82) is 0 Å². The van der Waals surface area contributed by atoms with E-state index in [0.717, 1.165) is 16.7 Å². The van der Waals surface area contributed by atoms with E-state index in [4.69, 9.17) is 0 Å². The summed E-state index contributed by atoms with van der Waals surface area (Å²) in [7, 11) is 0. The first-order chi connectivity index (χ1) is 13.5. The second-order valence-electron chi connectivity index (χ2n) is 6.42. The molecular weight excluding hydrogens is 370 g/mol. The Bertz CT molecular complexity index is 1040. The van der Waals surface area contributed by atoms with Crippen LogP contribution in [0.1, 0.15) is 43.6 Å². The second kappa shape index (κ2) is 8.63. The number of nitrogens with zero attached hydrogens (tertiary/aromatic N) is 1. The lowest BCUT2D eigenvalue weighted by Crippen LogP contribution is -2.19. The summed E-state index contributed by atoms with van der Waals surface area (Å²) in [6.07, 6.45) is 0. The van der Waals surface area contributed by atoms with E-state index in [2.05, 4.69) is 15.8 Å². The Kier molecular flexibility index (Phi) is 6.01. The van der Waals surface area contributed by atoms with Gasteiger partial charge in [-0.05, 0) is 67.1 Å². The molecule has 6 heteroatoms. The predicted molar refractivity (Wildman–Crippen MR) is 114 cm³/mol. The maximum absolute atomic E-state index is 12.4. The molecule has 0 saturated heterocycles. The second-order valence-corrected chi connectivity index (χ2v) is 7.33. The molecule has 0 fully saturated rings. The Labute approximate surface area is 168 Å². The van der Waals surface area contributed by atoms with Gasteiger partial charge in [0.2, 0.25) is 0 Å². The van der Waals surface area contributed by atoms with Gasteiger partial charge in [-0.2, -0.15) is 5.10 Å². The fourth-order valence-corrected chi connectivity index (χ4v) is 3.49. The van der Waals surface area contributed by atoms with Crippen LogP contribution in [0, 0.1) is 13.8 Å². The fourth-order valence-electron chi connectivity index (χ4n) is 2.68. The highest BCUT2D eigenvalue weighted by molar-refractivity contribution is 7.12. The van der Waals surface area contributed by atoms with Gasteiger partial charge in [0.05, 0.1) is 10.6 Å². The number of thiophene rings is 1. The molecule has 0 spiro atoms. The number of hydrogen-bond acceptors (Lipinski definition) is 4. The molecule has 0 saturated carbocycles. The molecule has 5 nitrogen and oxygen atoms in total. The van der Waals surface area contributed by atoms with Crippen LogP contribution in [0.15, 0.2) is 65.1 Å². The molecule has 1 aromatic heterocycles. The molecule has 2 aromatic carbocycles. The zero-order valence-corrected chi connectivity index (χ0v) is 16.8. The third-order valence-corrected chi connectivity index (χ3v) is 5.36. The van der Waals surface area contributed by atoms with E-state index >= 15 is 0 Å². The Morgan fingerprint density at radius 1 is 0.893 bits per heavy atom. The maximum atomic E-state index is 12.4. The van der Waals surface area contributed by atoms with Gasteiger partial charge in [0, 0.05) is 11.3 Å². The van der Waals surface area contributed by atoms with Gasteiger partial charge in [0.1, 0.15) is 0 Å². The monoisotopic (exact) mass is 391 g/mol. The van der Waals surface area contributed by atoms with Crippen LogP contribution in [0.2, 0.25) is 0 Å². The molecule has 0 aliphatic heterocycles. The number of amides is 2. The summed E-state index contributed by atoms with van der Waals surface area (Å²) in [5.41, 5.74) is 7.33. The number of rotatable bonds is 5. The van der Waals surface area contributed by atoms with Crippen molar-refractivity contribution in [2.24, 2.45) is 5.10 Å². The van der Waals surface area contributed by atoms with Crippen molar-refractivity contribution in [3.63, 3.8) is 0 Å². The van der Waals surface area contributed by atoms with Crippen LogP contribution in [-0.4, -0.2) is 17.5 Å². The van der Waals surface area contributed by atoms with Crippen LogP contribution < -0.4 is 10.7 Å². The quantitative estimate of drug-likeness (QED) is 0.486. The molecule has 0 aliphatic rings. The standard InChI is InChI=1S/C22H21N3O2S/c1-14-6-4-5-7-19(14)21(26)23-18-10-8-17(9-11-18)16(3)24-25-22(27)20-15(2)12-13-28-20/h4-13H,1-3H3,(H,23,26)(H,25,27)/b24-16-. The molecule has 3 rings (SSSR count). The first-order valence-electron chi connectivity index (χ1n) is 8.82. The molecule has 0 atom stereocenters. The number of benzene rings is 2. The fraction of sp³-hybridized carbons (Fsp3) is 0.136. The molecule has 142 valence electrons. The van der Waals surface area contributed by atoms with Gasteiger partial charge in [-0.3, -0.25) is 9.59 Å². The molecular formula is C22H21N3O2S. The molecule has 28 heavy (non-hydrogen) atoms. The third kappa shape index (κ3) is 4.53. The number of hydrogen-bond donors (Lipinski definition) is 2. The number of nitrogens with one attached hydrogen (secondary N) is 2. The van der Waals surface area contributed by atoms with E-state index in [9.17, 15) is 9.59 Å². The van der Waals surface area contributed by atoms with Crippen LogP contribution >= 0.6 is 11.3 Å². The van der Waals surface area contributed by atoms with E-state index < -0.39 is 0 Å². The Hall–Kier alpha value is -3.25. The molecule has 0 unspecified atom stereocenters. The smallest absolute Gasteiger partial charge is 0.281 e. The minimum Gasteiger partial charge on any atom is -0.322 e. The largest absolute Gasteiger partial charge is 0.322 e. The van der Waals surface area contributed by atoms with Crippen molar-refractivity contribution in [3.8, 4) is 0 Å². The molecule has 3 aromatic rings. The number of hydrazone groups is 1. The molecule has 0 bridgehead atoms. The lowest BCUT2D eigenvalue weighted by atomic mass is 10.1. The van der Waals surface area contributed by atoms with Gasteiger partial charge in [0.15, 0.2) is 0 Å². The zero-order chi connectivity index (χ0) is 20.1. The molecule has 1 heterocycles. The predicted octanol–water partition coefficient (Wildman–Crippen LogP) is 4.77. The van der Waals surface area contributed by atoms with Crippen molar-refractivity contribution >= 4 is 34.6 Å². The Morgan fingerprint density at radius 3 is 2.25 bits per heavy atom. The minimum absolute atomic E-state index is 0.144. The van der Waals surface area contributed by atoms with Gasteiger partial charge >= 0.3 is 0 Å². The SMILES string of the molecule is C/C(=N/NC(=O)c1sccc1C)c1ccc(NC(=O)c2ccccc2C)cc1. The van der Waals surface area contributed by atoms with Crippen molar-refractivity contribution in [1.82, 2.24) is 5.43 Å². The molecule has 2 N–H and O–H groups in total. The van der Waals surface area contributed by atoms with Gasteiger partial charge in [-0.15, -0.1) is 11.3 Å². The Balaban J connectivity index is 1.65. The zero-order valence-electron chi connectivity index (χ0n) is 15.9. The van der Waals surface area contributed by atoms with E-state index in [0.29, 0.717) is 21.8 Å². The highest BCUT2D eigenvalue weighted by Crippen LogP contribution is 2.16. The topological polar surface area (TPSA) is 70.6 Å². The number of carbonyl (C=O) groups excluding carboxylic acids is 2. The van der Waals surface area contributed by atoms with Gasteiger partial charge in [-0.25, -0.2) is 5.43 Å². The van der Waals surface area contributed by atoms with Gasteiger partial charge in [-0.1, -0.05) is 30.3 Å². The van der Waals surface area contributed by atoms with Gasteiger partial charge < -0.3 is 5.32 Å². The van der Waals surface area contributed by atoms with Crippen molar-refractivity contribution < 1.29 is 9.59 Å². The highest BCUT2D eigenvalue weighted by atomic mass is 32.1. The maximum Gasteiger partial charge on any atom is 0.281 e. The van der Waals surface area contributed by atoms with Crippen LogP contribution in [0.4, 0.5) is 5.69 Å². The highest BCUT2D eigenvalue weighted by Gasteiger charge is 2.10. The molecule has 2 amide bonds. The Morgan fingerprint density at radius 2 is 1.61 bits per heavy atom.